The topological polar surface area (TPSA) is 66.6 Å². The second-order valence-electron chi connectivity index (χ2n) is 3.73. The van der Waals surface area contributed by atoms with E-state index in [1.54, 1.807) is 18.2 Å². The van der Waals surface area contributed by atoms with Gasteiger partial charge in [-0.15, -0.1) is 0 Å². The molecule has 1 unspecified atom stereocenters. The van der Waals surface area contributed by atoms with E-state index in [1.165, 1.54) is 0 Å². The zero-order chi connectivity index (χ0) is 12.3. The second kappa shape index (κ2) is 5.18. The van der Waals surface area contributed by atoms with Gasteiger partial charge < -0.3 is 15.7 Å². The molecule has 0 aliphatic heterocycles. The van der Waals surface area contributed by atoms with Crippen molar-refractivity contribution in [2.75, 3.05) is 25.5 Å². The summed E-state index contributed by atoms with van der Waals surface area (Å²) in [5.74, 6) is -1.63. The number of nitrogens with two attached hydrogens (primary N) is 1. The second-order valence-corrected chi connectivity index (χ2v) is 4.14. The van der Waals surface area contributed by atoms with E-state index in [2.05, 4.69) is 0 Å². The summed E-state index contributed by atoms with van der Waals surface area (Å²) in [6, 6.07) is 5.19. The lowest BCUT2D eigenvalue weighted by molar-refractivity contribution is -0.138. The monoisotopic (exact) mass is 242 g/mol. The number of halogens is 1. The summed E-state index contributed by atoms with van der Waals surface area (Å²) in [4.78, 5) is 12.8. The van der Waals surface area contributed by atoms with Gasteiger partial charge in [-0.1, -0.05) is 17.7 Å². The fraction of sp³-hybridized carbons (Fsp3) is 0.364. The van der Waals surface area contributed by atoms with Gasteiger partial charge >= 0.3 is 5.97 Å². The number of carbonyl (C=O) groups is 1. The molecule has 1 aromatic carbocycles. The van der Waals surface area contributed by atoms with E-state index in [0.717, 1.165) is 5.69 Å². The molecule has 5 heteroatoms. The molecule has 0 saturated heterocycles. The molecule has 0 spiro atoms. The van der Waals surface area contributed by atoms with Gasteiger partial charge in [0.15, 0.2) is 0 Å². The highest BCUT2D eigenvalue weighted by molar-refractivity contribution is 6.33. The number of anilines is 1. The maximum absolute atomic E-state index is 10.9. The highest BCUT2D eigenvalue weighted by Gasteiger charge is 2.18. The summed E-state index contributed by atoms with van der Waals surface area (Å²) < 4.78 is 0. The van der Waals surface area contributed by atoms with Gasteiger partial charge in [0.05, 0.1) is 16.6 Å². The fourth-order valence-corrected chi connectivity index (χ4v) is 1.84. The smallest absolute Gasteiger partial charge is 0.312 e. The third kappa shape index (κ3) is 2.65. The van der Waals surface area contributed by atoms with Crippen molar-refractivity contribution in [1.82, 2.24) is 0 Å². The first-order valence-corrected chi connectivity index (χ1v) is 5.24. The Kier molecular flexibility index (Phi) is 4.15. The summed E-state index contributed by atoms with van der Waals surface area (Å²) in [6.07, 6.45) is 0. The summed E-state index contributed by atoms with van der Waals surface area (Å²) in [6.45, 7) is 0.0625. The van der Waals surface area contributed by atoms with Gasteiger partial charge in [0.1, 0.15) is 0 Å². The van der Waals surface area contributed by atoms with E-state index in [4.69, 9.17) is 22.4 Å². The molecule has 0 aliphatic rings. The number of nitrogens with zero attached hydrogens (tertiary/aromatic N) is 1. The summed E-state index contributed by atoms with van der Waals surface area (Å²) in [7, 11) is 3.75. The molecule has 1 aromatic rings. The number of hydrogen-bond acceptors (Lipinski definition) is 3. The van der Waals surface area contributed by atoms with Crippen LogP contribution in [0.15, 0.2) is 18.2 Å². The Balaban J connectivity index is 3.09. The summed E-state index contributed by atoms with van der Waals surface area (Å²) in [5, 5.41) is 9.49. The van der Waals surface area contributed by atoms with Crippen molar-refractivity contribution in [2.24, 2.45) is 5.73 Å². The first-order valence-electron chi connectivity index (χ1n) is 4.87. The number of carboxylic acids is 1. The Morgan fingerprint density at radius 1 is 1.56 bits per heavy atom. The van der Waals surface area contributed by atoms with Crippen LogP contribution in [0.25, 0.3) is 0 Å². The standard InChI is InChI=1S/C11H15ClN2O2/c1-14(2)10-4-3-7(5-9(10)12)8(6-13)11(15)16/h3-5,8H,6,13H2,1-2H3,(H,15,16). The Hall–Kier alpha value is -1.26. The Morgan fingerprint density at radius 3 is 2.56 bits per heavy atom. The van der Waals surface area contributed by atoms with Crippen LogP contribution >= 0.6 is 11.6 Å². The van der Waals surface area contributed by atoms with Gasteiger partial charge in [0.25, 0.3) is 0 Å². The lowest BCUT2D eigenvalue weighted by Crippen LogP contribution is -2.21. The van der Waals surface area contributed by atoms with E-state index >= 15 is 0 Å². The Labute approximate surface area is 99.6 Å². The molecule has 0 heterocycles. The number of rotatable bonds is 4. The average Bonchev–Trinajstić information content (AvgIpc) is 2.17. The van der Waals surface area contributed by atoms with Crippen molar-refractivity contribution in [2.45, 2.75) is 5.92 Å². The highest BCUT2D eigenvalue weighted by Crippen LogP contribution is 2.28. The van der Waals surface area contributed by atoms with Crippen LogP contribution < -0.4 is 10.6 Å². The van der Waals surface area contributed by atoms with Crippen molar-refractivity contribution in [3.8, 4) is 0 Å². The van der Waals surface area contributed by atoms with Crippen molar-refractivity contribution in [3.05, 3.63) is 28.8 Å². The van der Waals surface area contributed by atoms with Gasteiger partial charge in [-0.25, -0.2) is 0 Å². The normalized spacial score (nSPS) is 12.2. The minimum Gasteiger partial charge on any atom is -0.481 e. The van der Waals surface area contributed by atoms with Crippen molar-refractivity contribution in [1.29, 1.82) is 0 Å². The molecular formula is C11H15ClN2O2. The Morgan fingerprint density at radius 2 is 2.19 bits per heavy atom. The SMILES string of the molecule is CN(C)c1ccc(C(CN)C(=O)O)cc1Cl. The van der Waals surface area contributed by atoms with E-state index in [-0.39, 0.29) is 6.54 Å². The maximum atomic E-state index is 10.9. The minimum atomic E-state index is -0.934. The van der Waals surface area contributed by atoms with E-state index in [0.29, 0.717) is 10.6 Å². The number of benzene rings is 1. The zero-order valence-corrected chi connectivity index (χ0v) is 10.0. The average molecular weight is 243 g/mol. The molecule has 0 bridgehead atoms. The van der Waals surface area contributed by atoms with Gasteiger partial charge in [0.2, 0.25) is 0 Å². The molecule has 0 amide bonds. The first kappa shape index (κ1) is 12.8. The van der Waals surface area contributed by atoms with Crippen LogP contribution in [0.2, 0.25) is 5.02 Å². The Bertz CT molecular complexity index is 394. The van der Waals surface area contributed by atoms with E-state index < -0.39 is 11.9 Å². The van der Waals surface area contributed by atoms with Crippen molar-refractivity contribution < 1.29 is 9.90 Å². The maximum Gasteiger partial charge on any atom is 0.312 e. The van der Waals surface area contributed by atoms with Gasteiger partial charge in [-0.05, 0) is 17.7 Å². The van der Waals surface area contributed by atoms with Crippen LogP contribution in [-0.2, 0) is 4.79 Å². The molecule has 0 radical (unpaired) electrons. The van der Waals surface area contributed by atoms with Crippen LogP contribution in [-0.4, -0.2) is 31.7 Å². The van der Waals surface area contributed by atoms with Crippen LogP contribution in [0.3, 0.4) is 0 Å². The van der Waals surface area contributed by atoms with Crippen molar-refractivity contribution in [3.63, 3.8) is 0 Å². The predicted molar refractivity (Wildman–Crippen MR) is 65.2 cm³/mol. The zero-order valence-electron chi connectivity index (χ0n) is 9.27. The molecule has 0 aliphatic carbocycles. The fourth-order valence-electron chi connectivity index (χ4n) is 1.48. The van der Waals surface area contributed by atoms with Gasteiger partial charge in [-0.2, -0.15) is 0 Å². The lowest BCUT2D eigenvalue weighted by Gasteiger charge is -2.17. The number of carboxylic acid groups (broad SMARTS) is 1. The third-order valence-corrected chi connectivity index (χ3v) is 2.69. The number of aliphatic carboxylic acids is 1. The lowest BCUT2D eigenvalue weighted by atomic mass is 9.99. The minimum absolute atomic E-state index is 0.0625. The van der Waals surface area contributed by atoms with Crippen LogP contribution in [0.1, 0.15) is 11.5 Å². The summed E-state index contributed by atoms with van der Waals surface area (Å²) >= 11 is 6.05. The molecule has 0 aromatic heterocycles. The van der Waals surface area contributed by atoms with Crippen LogP contribution in [0, 0.1) is 0 Å². The van der Waals surface area contributed by atoms with E-state index in [9.17, 15) is 4.79 Å². The largest absolute Gasteiger partial charge is 0.481 e. The quantitative estimate of drug-likeness (QED) is 0.841. The van der Waals surface area contributed by atoms with Crippen LogP contribution in [0.5, 0.6) is 0 Å². The molecule has 1 atom stereocenters. The highest BCUT2D eigenvalue weighted by atomic mass is 35.5. The molecule has 88 valence electrons. The van der Waals surface area contributed by atoms with Crippen LogP contribution in [0.4, 0.5) is 5.69 Å². The molecule has 0 fully saturated rings. The van der Waals surface area contributed by atoms with Gasteiger partial charge in [-0.3, -0.25) is 4.79 Å². The van der Waals surface area contributed by atoms with E-state index in [1.807, 2.05) is 19.0 Å². The van der Waals surface area contributed by atoms with Crippen molar-refractivity contribution >= 4 is 23.3 Å². The molecule has 4 nitrogen and oxygen atoms in total. The molecular weight excluding hydrogens is 228 g/mol. The third-order valence-electron chi connectivity index (χ3n) is 2.39. The molecule has 16 heavy (non-hydrogen) atoms. The first-order chi connectivity index (χ1) is 7.47. The number of hydrogen-bond donors (Lipinski definition) is 2. The molecule has 1 rings (SSSR count). The predicted octanol–water partition coefficient (Wildman–Crippen LogP) is 1.53. The molecule has 0 saturated carbocycles. The molecule has 3 N–H and O–H groups in total. The summed E-state index contributed by atoms with van der Waals surface area (Å²) in [5.41, 5.74) is 6.90. The van der Waals surface area contributed by atoms with Gasteiger partial charge in [0, 0.05) is 20.6 Å².